The van der Waals surface area contributed by atoms with Crippen molar-refractivity contribution in [1.82, 2.24) is 4.72 Å². The molecule has 16 heavy (non-hydrogen) atoms. The molecular weight excluding hydrogens is 256 g/mol. The molecule has 0 aromatic carbocycles. The molecule has 0 fully saturated rings. The van der Waals surface area contributed by atoms with E-state index in [1.165, 1.54) is 0 Å². The Morgan fingerprint density at radius 2 is 2.12 bits per heavy atom. The SMILES string of the molecule is CC(C)NS(=O)(=O)c1cc(C(N)=O)c(Cl)o1. The molecule has 0 spiro atoms. The van der Waals surface area contributed by atoms with Crippen LogP contribution in [0.3, 0.4) is 0 Å². The highest BCUT2D eigenvalue weighted by Crippen LogP contribution is 2.23. The van der Waals surface area contributed by atoms with Gasteiger partial charge < -0.3 is 10.2 Å². The molecule has 1 aromatic rings. The van der Waals surface area contributed by atoms with Crippen LogP contribution in [0.5, 0.6) is 0 Å². The standard InChI is InChI=1S/C8H11ClN2O4S/c1-4(2)11-16(13,14)6-3-5(8(10)12)7(9)15-6/h3-4,11H,1-2H3,(H2,10,12). The zero-order valence-corrected chi connectivity index (χ0v) is 10.2. The van der Waals surface area contributed by atoms with Crippen molar-refractivity contribution in [3.63, 3.8) is 0 Å². The van der Waals surface area contributed by atoms with Crippen LogP contribution in [0.1, 0.15) is 24.2 Å². The largest absolute Gasteiger partial charge is 0.431 e. The Bertz CT molecular complexity index is 506. The minimum absolute atomic E-state index is 0.161. The van der Waals surface area contributed by atoms with Gasteiger partial charge in [0, 0.05) is 12.1 Å². The summed E-state index contributed by atoms with van der Waals surface area (Å²) in [6.07, 6.45) is 0. The second-order valence-electron chi connectivity index (χ2n) is 3.39. The number of nitrogens with two attached hydrogens (primary N) is 1. The fourth-order valence-corrected chi connectivity index (χ4v) is 2.50. The molecule has 0 aliphatic rings. The molecular formula is C8H11ClN2O4S. The van der Waals surface area contributed by atoms with Gasteiger partial charge in [-0.25, -0.2) is 13.1 Å². The van der Waals surface area contributed by atoms with Crippen molar-refractivity contribution in [2.24, 2.45) is 5.73 Å². The molecule has 1 heterocycles. The molecule has 90 valence electrons. The maximum Gasteiger partial charge on any atom is 0.274 e. The van der Waals surface area contributed by atoms with Gasteiger partial charge in [-0.3, -0.25) is 4.79 Å². The number of furan rings is 1. The number of hydrogen-bond acceptors (Lipinski definition) is 4. The Kier molecular flexibility index (Phi) is 3.61. The van der Waals surface area contributed by atoms with Gasteiger partial charge >= 0.3 is 0 Å². The first kappa shape index (κ1) is 13.0. The molecule has 0 saturated carbocycles. The minimum Gasteiger partial charge on any atom is -0.431 e. The molecule has 8 heteroatoms. The van der Waals surface area contributed by atoms with Gasteiger partial charge in [0.2, 0.25) is 10.3 Å². The quantitative estimate of drug-likeness (QED) is 0.838. The van der Waals surface area contributed by atoms with Crippen LogP contribution < -0.4 is 10.5 Å². The van der Waals surface area contributed by atoms with E-state index >= 15 is 0 Å². The van der Waals surface area contributed by atoms with Crippen LogP contribution in [0.15, 0.2) is 15.6 Å². The van der Waals surface area contributed by atoms with Crippen molar-refractivity contribution < 1.29 is 17.6 Å². The smallest absolute Gasteiger partial charge is 0.274 e. The van der Waals surface area contributed by atoms with Crippen molar-refractivity contribution in [2.75, 3.05) is 0 Å². The summed E-state index contributed by atoms with van der Waals surface area (Å²) in [5, 5.41) is -0.767. The van der Waals surface area contributed by atoms with Crippen molar-refractivity contribution in [2.45, 2.75) is 25.0 Å². The van der Waals surface area contributed by atoms with E-state index in [0.29, 0.717) is 0 Å². The first-order valence-electron chi connectivity index (χ1n) is 4.35. The number of hydrogen-bond donors (Lipinski definition) is 2. The van der Waals surface area contributed by atoms with Crippen LogP contribution in [0, 0.1) is 0 Å². The first-order chi connectivity index (χ1) is 7.24. The van der Waals surface area contributed by atoms with E-state index in [0.717, 1.165) is 6.07 Å². The topological polar surface area (TPSA) is 102 Å². The molecule has 0 bridgehead atoms. The van der Waals surface area contributed by atoms with Crippen LogP contribution in [-0.4, -0.2) is 20.4 Å². The minimum atomic E-state index is -3.80. The molecule has 6 nitrogen and oxygen atoms in total. The fourth-order valence-electron chi connectivity index (χ4n) is 1.02. The summed E-state index contributed by atoms with van der Waals surface area (Å²) in [4.78, 5) is 10.8. The number of halogens is 1. The lowest BCUT2D eigenvalue weighted by Gasteiger charge is -2.05. The van der Waals surface area contributed by atoms with Crippen molar-refractivity contribution in [3.8, 4) is 0 Å². The second-order valence-corrected chi connectivity index (χ2v) is 5.38. The number of primary amides is 1. The number of sulfonamides is 1. The number of carbonyl (C=O) groups excluding carboxylic acids is 1. The van der Waals surface area contributed by atoms with Gasteiger partial charge in [-0.05, 0) is 25.4 Å². The molecule has 0 radical (unpaired) electrons. The van der Waals surface area contributed by atoms with E-state index in [2.05, 4.69) is 4.72 Å². The second kappa shape index (κ2) is 4.44. The monoisotopic (exact) mass is 266 g/mol. The molecule has 0 saturated heterocycles. The average molecular weight is 267 g/mol. The van der Waals surface area contributed by atoms with Crippen LogP contribution >= 0.6 is 11.6 Å². The van der Waals surface area contributed by atoms with Gasteiger partial charge in [0.25, 0.3) is 15.9 Å². The normalized spacial score (nSPS) is 12.0. The molecule has 0 aliphatic carbocycles. The molecule has 0 atom stereocenters. The number of nitrogens with one attached hydrogen (secondary N) is 1. The summed E-state index contributed by atoms with van der Waals surface area (Å²) in [6.45, 7) is 3.30. The molecule has 3 N–H and O–H groups in total. The lowest BCUT2D eigenvalue weighted by Crippen LogP contribution is -2.29. The van der Waals surface area contributed by atoms with Gasteiger partial charge in [-0.2, -0.15) is 0 Å². The van der Waals surface area contributed by atoms with Gasteiger partial charge in [0.1, 0.15) is 0 Å². The molecule has 1 amide bonds. The van der Waals surface area contributed by atoms with Gasteiger partial charge in [-0.15, -0.1) is 0 Å². The predicted molar refractivity (Wildman–Crippen MR) is 57.7 cm³/mol. The van der Waals surface area contributed by atoms with Crippen molar-refractivity contribution >= 4 is 27.5 Å². The molecule has 1 rings (SSSR count). The van der Waals surface area contributed by atoms with E-state index in [4.69, 9.17) is 21.8 Å². The van der Waals surface area contributed by atoms with Crippen LogP contribution in [-0.2, 0) is 10.0 Å². The highest BCUT2D eigenvalue weighted by atomic mass is 35.5. The molecule has 0 unspecified atom stereocenters. The van der Waals surface area contributed by atoms with Crippen LogP contribution in [0.4, 0.5) is 0 Å². The van der Waals surface area contributed by atoms with Gasteiger partial charge in [-0.1, -0.05) is 0 Å². The Balaban J connectivity index is 3.15. The summed E-state index contributed by atoms with van der Waals surface area (Å²) >= 11 is 5.52. The lowest BCUT2D eigenvalue weighted by atomic mass is 10.3. The summed E-state index contributed by atoms with van der Waals surface area (Å²) in [7, 11) is -3.80. The summed E-state index contributed by atoms with van der Waals surface area (Å²) in [5.74, 6) is -0.847. The highest BCUT2D eigenvalue weighted by molar-refractivity contribution is 7.89. The summed E-state index contributed by atoms with van der Waals surface area (Å²) in [5.41, 5.74) is 4.81. The summed E-state index contributed by atoms with van der Waals surface area (Å²) in [6, 6.07) is 0.695. The van der Waals surface area contributed by atoms with E-state index in [1.807, 2.05) is 0 Å². The third kappa shape index (κ3) is 2.75. The first-order valence-corrected chi connectivity index (χ1v) is 6.21. The fraction of sp³-hybridized carbons (Fsp3) is 0.375. The molecule has 0 aliphatic heterocycles. The van der Waals surface area contributed by atoms with Gasteiger partial charge in [0.05, 0.1) is 5.56 Å². The van der Waals surface area contributed by atoms with Crippen LogP contribution in [0.25, 0.3) is 0 Å². The highest BCUT2D eigenvalue weighted by Gasteiger charge is 2.24. The maximum atomic E-state index is 11.6. The Morgan fingerprint density at radius 1 is 1.56 bits per heavy atom. The Labute approximate surface area is 97.8 Å². The van der Waals surface area contributed by atoms with Crippen molar-refractivity contribution in [3.05, 3.63) is 16.8 Å². The third-order valence-corrected chi connectivity index (χ3v) is 3.38. The van der Waals surface area contributed by atoms with Crippen molar-refractivity contribution in [1.29, 1.82) is 0 Å². The van der Waals surface area contributed by atoms with E-state index in [-0.39, 0.29) is 16.8 Å². The zero-order chi connectivity index (χ0) is 12.5. The Morgan fingerprint density at radius 3 is 2.50 bits per heavy atom. The summed E-state index contributed by atoms with van der Waals surface area (Å²) < 4.78 is 30.3. The third-order valence-electron chi connectivity index (χ3n) is 1.59. The van der Waals surface area contributed by atoms with Gasteiger partial charge in [0.15, 0.2) is 0 Å². The lowest BCUT2D eigenvalue weighted by molar-refractivity contribution is 0.1000. The molecule has 1 aromatic heterocycles. The van der Waals surface area contributed by atoms with Crippen LogP contribution in [0.2, 0.25) is 5.22 Å². The number of amides is 1. The average Bonchev–Trinajstić information content (AvgIpc) is 2.45. The van der Waals surface area contributed by atoms with E-state index < -0.39 is 21.0 Å². The Hall–Kier alpha value is -1.05. The number of carbonyl (C=O) groups is 1. The maximum absolute atomic E-state index is 11.6. The van der Waals surface area contributed by atoms with E-state index in [9.17, 15) is 13.2 Å². The zero-order valence-electron chi connectivity index (χ0n) is 8.65. The number of rotatable bonds is 4. The van der Waals surface area contributed by atoms with E-state index in [1.54, 1.807) is 13.8 Å². The predicted octanol–water partition coefficient (Wildman–Crippen LogP) is 0.719.